The van der Waals surface area contributed by atoms with Crippen molar-refractivity contribution in [2.75, 3.05) is 49.4 Å². The van der Waals surface area contributed by atoms with Crippen molar-refractivity contribution in [1.29, 1.82) is 5.26 Å². The van der Waals surface area contributed by atoms with E-state index in [2.05, 4.69) is 15.6 Å². The van der Waals surface area contributed by atoms with Gasteiger partial charge in [-0.15, -0.1) is 11.3 Å². The zero-order valence-corrected chi connectivity index (χ0v) is 39.8. The number of carbonyl (C=O) groups is 4. The molecule has 1 aromatic heterocycles. The highest BCUT2D eigenvalue weighted by Gasteiger charge is 2.50. The van der Waals surface area contributed by atoms with E-state index < -0.39 is 23.5 Å². The molecule has 6 rings (SSSR count). The van der Waals surface area contributed by atoms with Gasteiger partial charge in [0.05, 0.1) is 33.3 Å². The number of nitriles is 1. The number of hydrogen-bond donors (Lipinski definition) is 2. The summed E-state index contributed by atoms with van der Waals surface area (Å²) in [4.78, 5) is 63.7. The van der Waals surface area contributed by atoms with E-state index in [0.717, 1.165) is 34.5 Å². The number of unbranched alkanes of at least 4 members (excludes halogenated alkanes) is 1. The number of nitrogens with zero attached hydrogens (tertiary/aromatic N) is 5. The van der Waals surface area contributed by atoms with Crippen LogP contribution in [0.4, 0.5) is 11.4 Å². The highest BCUT2D eigenvalue weighted by atomic mass is 35.5. The van der Waals surface area contributed by atoms with Gasteiger partial charge in [0, 0.05) is 44.8 Å². The molecule has 0 radical (unpaired) electrons. The molecule has 0 aliphatic carbocycles. The van der Waals surface area contributed by atoms with E-state index in [0.29, 0.717) is 74.5 Å². The molecule has 2 N–H and O–H groups in total. The molecule has 2 saturated heterocycles. The van der Waals surface area contributed by atoms with Crippen molar-refractivity contribution in [2.24, 2.45) is 11.8 Å². The quantitative estimate of drug-likeness (QED) is 0.0627. The van der Waals surface area contributed by atoms with Crippen LogP contribution in [0, 0.1) is 23.2 Å². The van der Waals surface area contributed by atoms with Gasteiger partial charge in [-0.2, -0.15) is 5.26 Å². The van der Waals surface area contributed by atoms with Crippen LogP contribution >= 0.6 is 35.2 Å². The normalized spacial score (nSPS) is 17.4. The van der Waals surface area contributed by atoms with Crippen LogP contribution in [-0.4, -0.2) is 95.8 Å². The molecule has 3 aromatic carbocycles. The number of anilines is 2. The Hall–Kier alpha value is -5.44. The van der Waals surface area contributed by atoms with Crippen molar-refractivity contribution in [3.63, 3.8) is 0 Å². The molecule has 0 unspecified atom stereocenters. The maximum Gasteiger partial charge on any atom is 0.259 e. The molecule has 4 amide bonds. The van der Waals surface area contributed by atoms with Crippen molar-refractivity contribution in [3.8, 4) is 22.3 Å². The number of halogens is 1. The Labute approximate surface area is 395 Å². The number of hydrogen-bond acceptors (Lipinski definition) is 11. The standard InChI is InChI=1S/C48H56ClN7O7S2/c1-31(2)43(45(59)54-28-32(3)23-40(54)44(58)52-26-33-9-11-34(12-10-33)41-27-51-30-65-41)53-42(57)29-62-21-8-20-61-19-6-7-22-63-38-17-15-36(16-18-38)56-47(64)55(46(60)48(56,4)5)37-14-13-35(25-50)39(49)24-37/h9-18,24,27,30-32,40,43H,6-8,19-23,26,28-29H2,1-5H3,(H,52,58)(H,53,57)/t32-,40+,43+/m1/s1. The second-order valence-electron chi connectivity index (χ2n) is 17.1. The number of amides is 4. The molecule has 0 saturated carbocycles. The molecule has 344 valence electrons. The largest absolute Gasteiger partial charge is 0.494 e. The number of carbonyl (C=O) groups excluding carboxylic acids is 4. The molecule has 14 nitrogen and oxygen atoms in total. The Morgan fingerprint density at radius 1 is 0.985 bits per heavy atom. The Bertz CT molecular complexity index is 2340. The third-order valence-corrected chi connectivity index (χ3v) is 12.8. The molecular weight excluding hydrogens is 886 g/mol. The first-order chi connectivity index (χ1) is 31.2. The van der Waals surface area contributed by atoms with Gasteiger partial charge in [-0.25, -0.2) is 0 Å². The van der Waals surface area contributed by atoms with Crippen molar-refractivity contribution >= 4 is 75.3 Å². The Balaban J connectivity index is 0.841. The summed E-state index contributed by atoms with van der Waals surface area (Å²) in [5, 5.41) is 15.7. The number of nitrogens with one attached hydrogen (secondary N) is 2. The Morgan fingerprint density at radius 3 is 2.35 bits per heavy atom. The van der Waals surface area contributed by atoms with E-state index in [-0.39, 0.29) is 41.2 Å². The zero-order valence-electron chi connectivity index (χ0n) is 37.4. The lowest BCUT2D eigenvalue weighted by Gasteiger charge is -2.30. The number of ether oxygens (including phenoxy) is 3. The fraction of sp³-hybridized carbons (Fsp3) is 0.438. The summed E-state index contributed by atoms with van der Waals surface area (Å²) in [6, 6.07) is 20.8. The smallest absolute Gasteiger partial charge is 0.259 e. The van der Waals surface area contributed by atoms with Gasteiger partial charge >= 0.3 is 0 Å². The SMILES string of the molecule is CC(C)[C@H](NC(=O)COCCCOCCCCOc1ccc(N2C(=S)N(c3ccc(C#N)c(Cl)c3)C(=O)C2(C)C)cc1)C(=O)N1C[C@H](C)C[C@H]1C(=O)NCc1ccc(-c2cncs2)cc1. The minimum absolute atomic E-state index is 0.141. The van der Waals surface area contributed by atoms with Crippen LogP contribution in [-0.2, 0) is 35.2 Å². The average molecular weight is 943 g/mol. The van der Waals surface area contributed by atoms with Gasteiger partial charge in [0.25, 0.3) is 5.91 Å². The molecule has 2 aliphatic heterocycles. The van der Waals surface area contributed by atoms with E-state index in [9.17, 15) is 24.4 Å². The topological polar surface area (TPSA) is 166 Å². The fourth-order valence-electron chi connectivity index (χ4n) is 7.81. The fourth-order valence-corrected chi connectivity index (χ4v) is 9.17. The lowest BCUT2D eigenvalue weighted by atomic mass is 10.0. The summed E-state index contributed by atoms with van der Waals surface area (Å²) in [6.45, 7) is 11.8. The van der Waals surface area contributed by atoms with Crippen LogP contribution in [0.1, 0.15) is 71.4 Å². The minimum Gasteiger partial charge on any atom is -0.494 e. The first-order valence-corrected chi connectivity index (χ1v) is 23.5. The molecule has 3 heterocycles. The first-order valence-electron chi connectivity index (χ1n) is 21.8. The van der Waals surface area contributed by atoms with E-state index in [4.69, 9.17) is 38.0 Å². The number of likely N-dealkylation sites (tertiary alicyclic amines) is 1. The lowest BCUT2D eigenvalue weighted by Crippen LogP contribution is -2.55. The van der Waals surface area contributed by atoms with Crippen LogP contribution in [0.3, 0.4) is 0 Å². The summed E-state index contributed by atoms with van der Waals surface area (Å²) in [5.74, 6) is -0.446. The van der Waals surface area contributed by atoms with Crippen molar-refractivity contribution in [2.45, 2.75) is 84.5 Å². The summed E-state index contributed by atoms with van der Waals surface area (Å²) < 4.78 is 17.3. The molecule has 2 fully saturated rings. The number of rotatable bonds is 21. The molecule has 0 spiro atoms. The third kappa shape index (κ3) is 12.3. The molecule has 0 bridgehead atoms. The van der Waals surface area contributed by atoms with Crippen LogP contribution in [0.2, 0.25) is 5.02 Å². The third-order valence-electron chi connectivity index (χ3n) is 11.3. The van der Waals surface area contributed by atoms with Gasteiger partial charge in [-0.1, -0.05) is 56.6 Å². The molecule has 3 atom stereocenters. The summed E-state index contributed by atoms with van der Waals surface area (Å²) in [6.07, 6.45) is 4.54. The van der Waals surface area contributed by atoms with Crippen LogP contribution in [0.25, 0.3) is 10.4 Å². The summed E-state index contributed by atoms with van der Waals surface area (Å²) >= 11 is 13.6. The number of thiazole rings is 1. The molecule has 4 aromatic rings. The maximum absolute atomic E-state index is 13.8. The Kier molecular flexibility index (Phi) is 17.1. The van der Waals surface area contributed by atoms with Gasteiger partial charge in [0.1, 0.15) is 36.0 Å². The van der Waals surface area contributed by atoms with Gasteiger partial charge in [-0.3, -0.25) is 29.1 Å². The molecular formula is C48H56ClN7O7S2. The number of benzene rings is 3. The highest BCUT2D eigenvalue weighted by molar-refractivity contribution is 7.81. The second-order valence-corrected chi connectivity index (χ2v) is 18.7. The monoisotopic (exact) mass is 941 g/mol. The number of aromatic nitrogens is 1. The van der Waals surface area contributed by atoms with Crippen molar-refractivity contribution in [3.05, 3.63) is 94.6 Å². The number of thiocarbonyl (C=S) groups is 1. The van der Waals surface area contributed by atoms with E-state index in [1.807, 2.05) is 95.4 Å². The first kappa shape index (κ1) is 49.0. The van der Waals surface area contributed by atoms with Gasteiger partial charge in [-0.05, 0) is 117 Å². The van der Waals surface area contributed by atoms with E-state index in [1.165, 1.54) is 4.90 Å². The highest BCUT2D eigenvalue weighted by Crippen LogP contribution is 2.38. The Morgan fingerprint density at radius 2 is 1.68 bits per heavy atom. The van der Waals surface area contributed by atoms with E-state index in [1.54, 1.807) is 44.8 Å². The molecule has 2 aliphatic rings. The predicted octanol–water partition coefficient (Wildman–Crippen LogP) is 7.53. The summed E-state index contributed by atoms with van der Waals surface area (Å²) in [7, 11) is 0. The van der Waals surface area contributed by atoms with E-state index >= 15 is 0 Å². The minimum atomic E-state index is -0.960. The molecule has 65 heavy (non-hydrogen) atoms. The van der Waals surface area contributed by atoms with Gasteiger partial charge in [0.15, 0.2) is 5.11 Å². The second kappa shape index (κ2) is 22.6. The maximum atomic E-state index is 13.8. The zero-order chi connectivity index (χ0) is 46.7. The van der Waals surface area contributed by atoms with Crippen LogP contribution in [0.15, 0.2) is 78.4 Å². The van der Waals surface area contributed by atoms with Gasteiger partial charge in [0.2, 0.25) is 17.7 Å². The summed E-state index contributed by atoms with van der Waals surface area (Å²) in [5.41, 5.74) is 4.40. The van der Waals surface area contributed by atoms with Crippen LogP contribution in [0.5, 0.6) is 5.75 Å². The van der Waals surface area contributed by atoms with Crippen LogP contribution < -0.4 is 25.2 Å². The van der Waals surface area contributed by atoms with Gasteiger partial charge < -0.3 is 34.6 Å². The van der Waals surface area contributed by atoms with Crippen molar-refractivity contribution in [1.82, 2.24) is 20.5 Å². The lowest BCUT2D eigenvalue weighted by molar-refractivity contribution is -0.143. The average Bonchev–Trinajstić information content (AvgIpc) is 4.01. The predicted molar refractivity (Wildman–Crippen MR) is 256 cm³/mol. The molecule has 17 heteroatoms. The van der Waals surface area contributed by atoms with Crippen molar-refractivity contribution < 1.29 is 33.4 Å².